The zero-order chi connectivity index (χ0) is 22.3. The van der Waals surface area contributed by atoms with Gasteiger partial charge >= 0.3 is 0 Å². The van der Waals surface area contributed by atoms with Crippen LogP contribution in [0.15, 0.2) is 49.0 Å². The summed E-state index contributed by atoms with van der Waals surface area (Å²) >= 11 is 0. The van der Waals surface area contributed by atoms with E-state index in [4.69, 9.17) is 4.74 Å². The predicted octanol–water partition coefficient (Wildman–Crippen LogP) is 6.27. The summed E-state index contributed by atoms with van der Waals surface area (Å²) in [4.78, 5) is 14.9. The fourth-order valence-electron chi connectivity index (χ4n) is 3.59. The maximum absolute atomic E-state index is 12.6. The molecule has 0 bridgehead atoms. The molecule has 0 N–H and O–H groups in total. The molecule has 2 aromatic rings. The maximum Gasteiger partial charge on any atom is 0.160 e. The van der Waals surface area contributed by atoms with Crippen LogP contribution in [-0.2, 0) is 4.79 Å². The second-order valence-corrected chi connectivity index (χ2v) is 7.77. The molecule has 3 nitrogen and oxygen atoms in total. The van der Waals surface area contributed by atoms with Gasteiger partial charge in [0.25, 0.3) is 0 Å². The van der Waals surface area contributed by atoms with E-state index in [2.05, 4.69) is 43.5 Å². The molecule has 0 heterocycles. The minimum atomic E-state index is 0.0639. The topological polar surface area (TPSA) is 29.5 Å². The molecule has 0 aliphatic heterocycles. The van der Waals surface area contributed by atoms with Crippen molar-refractivity contribution in [3.05, 3.63) is 71.3 Å². The van der Waals surface area contributed by atoms with Crippen molar-refractivity contribution < 1.29 is 9.53 Å². The number of hydrogen-bond acceptors (Lipinski definition) is 3. The lowest BCUT2D eigenvalue weighted by molar-refractivity contribution is -0.111. The van der Waals surface area contributed by atoms with Gasteiger partial charge in [0.15, 0.2) is 5.78 Å². The number of Topliss-reactive ketones (excluding diaryl/α,β-unsaturated/α-hetero) is 1. The van der Waals surface area contributed by atoms with Crippen LogP contribution in [0.1, 0.15) is 56.9 Å². The Bertz CT molecular complexity index is 918. The zero-order valence-corrected chi connectivity index (χ0v) is 19.3. The normalized spacial score (nSPS) is 12.0. The van der Waals surface area contributed by atoms with Crippen LogP contribution in [0.3, 0.4) is 0 Å². The van der Waals surface area contributed by atoms with Gasteiger partial charge < -0.3 is 9.64 Å². The van der Waals surface area contributed by atoms with Crippen molar-refractivity contribution in [2.75, 3.05) is 26.2 Å². The van der Waals surface area contributed by atoms with Gasteiger partial charge in [-0.1, -0.05) is 50.3 Å². The maximum atomic E-state index is 12.6. The number of likely N-dealkylation sites (N-methyl/N-ethyl adjacent to an activating group) is 1. The Labute approximate surface area is 182 Å². The Hall–Kier alpha value is -2.65. The molecule has 0 atom stereocenters. The van der Waals surface area contributed by atoms with E-state index in [0.29, 0.717) is 6.61 Å². The van der Waals surface area contributed by atoms with E-state index in [1.165, 1.54) is 0 Å². The van der Waals surface area contributed by atoms with E-state index in [-0.39, 0.29) is 5.78 Å². The van der Waals surface area contributed by atoms with Crippen molar-refractivity contribution in [2.45, 2.75) is 41.5 Å². The third-order valence-electron chi connectivity index (χ3n) is 5.58. The summed E-state index contributed by atoms with van der Waals surface area (Å²) in [5, 5.41) is 0. The Morgan fingerprint density at radius 2 is 1.57 bits per heavy atom. The molecule has 160 valence electrons. The van der Waals surface area contributed by atoms with E-state index >= 15 is 0 Å². The van der Waals surface area contributed by atoms with Gasteiger partial charge in [0, 0.05) is 12.1 Å². The van der Waals surface area contributed by atoms with Crippen LogP contribution in [-0.4, -0.2) is 36.9 Å². The molecule has 3 heteroatoms. The van der Waals surface area contributed by atoms with Crippen LogP contribution in [0.4, 0.5) is 0 Å². The molecule has 0 unspecified atom stereocenters. The average Bonchev–Trinajstić information content (AvgIpc) is 2.72. The van der Waals surface area contributed by atoms with Crippen molar-refractivity contribution in [3.8, 4) is 5.75 Å². The highest BCUT2D eigenvalue weighted by Crippen LogP contribution is 2.31. The summed E-state index contributed by atoms with van der Waals surface area (Å²) < 4.78 is 5.89. The zero-order valence-electron chi connectivity index (χ0n) is 19.3. The van der Waals surface area contributed by atoms with Crippen molar-refractivity contribution in [2.24, 2.45) is 0 Å². The first-order valence-corrected chi connectivity index (χ1v) is 10.7. The fraction of sp³-hybridized carbons (Fsp3) is 0.370. The smallest absolute Gasteiger partial charge is 0.160 e. The Morgan fingerprint density at radius 1 is 0.967 bits per heavy atom. The molecular weight excluding hydrogens is 370 g/mol. The lowest BCUT2D eigenvalue weighted by Gasteiger charge is -2.18. The number of carbonyl (C=O) groups excluding carboxylic acids is 1. The molecule has 2 aromatic carbocycles. The van der Waals surface area contributed by atoms with Gasteiger partial charge in [0.05, 0.1) is 0 Å². The van der Waals surface area contributed by atoms with Crippen LogP contribution in [0.25, 0.3) is 16.7 Å². The molecular formula is C27H35NO2. The van der Waals surface area contributed by atoms with Crippen LogP contribution in [0.5, 0.6) is 5.75 Å². The standard InChI is InChI=1S/C27H35NO2/c1-8-28(9-2)16-17-30-25-14-12-23(13-15-25)21(6)27(22(7)29)26-18-24(19(3)4)11-10-20(26)5/h10-15,18H,3,8-9,16-17H2,1-2,4-7H3/b27-21-. The first-order chi connectivity index (χ1) is 14.3. The van der Waals surface area contributed by atoms with E-state index in [9.17, 15) is 4.79 Å². The first kappa shape index (κ1) is 23.6. The first-order valence-electron chi connectivity index (χ1n) is 10.7. The Balaban J connectivity index is 2.31. The van der Waals surface area contributed by atoms with Crippen molar-refractivity contribution in [1.82, 2.24) is 4.90 Å². The van der Waals surface area contributed by atoms with Crippen LogP contribution >= 0.6 is 0 Å². The van der Waals surface area contributed by atoms with Crippen molar-refractivity contribution >= 4 is 22.5 Å². The molecule has 0 amide bonds. The summed E-state index contributed by atoms with van der Waals surface area (Å²) in [6, 6.07) is 14.2. The van der Waals surface area contributed by atoms with Crippen LogP contribution in [0.2, 0.25) is 0 Å². The minimum absolute atomic E-state index is 0.0639. The molecule has 0 aliphatic carbocycles. The molecule has 0 fully saturated rings. The van der Waals surface area contributed by atoms with Gasteiger partial charge in [0.1, 0.15) is 12.4 Å². The van der Waals surface area contributed by atoms with Crippen LogP contribution < -0.4 is 4.74 Å². The SMILES string of the molecule is C=C(C)c1ccc(C)c(/C(C(C)=O)=C(/C)c2ccc(OCCN(CC)CC)cc2)c1. The number of ketones is 1. The number of rotatable bonds is 10. The van der Waals surface area contributed by atoms with Gasteiger partial charge in [-0.25, -0.2) is 0 Å². The Kier molecular flexibility index (Phi) is 8.61. The molecule has 0 aliphatic rings. The number of allylic oxidation sites excluding steroid dienone is 3. The minimum Gasteiger partial charge on any atom is -0.492 e. The van der Waals surface area contributed by atoms with E-state index in [1.54, 1.807) is 6.92 Å². The highest BCUT2D eigenvalue weighted by Gasteiger charge is 2.16. The lowest BCUT2D eigenvalue weighted by atomic mass is 9.89. The average molecular weight is 406 g/mol. The second-order valence-electron chi connectivity index (χ2n) is 7.77. The predicted molar refractivity (Wildman–Crippen MR) is 129 cm³/mol. The highest BCUT2D eigenvalue weighted by molar-refractivity contribution is 6.27. The number of nitrogens with zero attached hydrogens (tertiary/aromatic N) is 1. The second kappa shape index (κ2) is 10.9. The summed E-state index contributed by atoms with van der Waals surface area (Å²) in [6.07, 6.45) is 0. The highest BCUT2D eigenvalue weighted by atomic mass is 16.5. The molecule has 2 rings (SSSR count). The van der Waals surface area contributed by atoms with Gasteiger partial charge in [0.2, 0.25) is 0 Å². The van der Waals surface area contributed by atoms with E-state index in [0.717, 1.165) is 64.4 Å². The van der Waals surface area contributed by atoms with Gasteiger partial charge in [-0.3, -0.25) is 4.79 Å². The summed E-state index contributed by atoms with van der Waals surface area (Å²) in [6.45, 7) is 19.7. The molecule has 0 saturated carbocycles. The van der Waals surface area contributed by atoms with Crippen LogP contribution in [0, 0.1) is 6.92 Å². The molecule has 0 aromatic heterocycles. The van der Waals surface area contributed by atoms with Gasteiger partial charge in [-0.2, -0.15) is 0 Å². The lowest BCUT2D eigenvalue weighted by Crippen LogP contribution is -2.27. The summed E-state index contributed by atoms with van der Waals surface area (Å²) in [5.74, 6) is 0.914. The van der Waals surface area contributed by atoms with Gasteiger partial charge in [-0.05, 0) is 86.8 Å². The Morgan fingerprint density at radius 3 is 2.10 bits per heavy atom. The summed E-state index contributed by atoms with van der Waals surface area (Å²) in [5.41, 5.74) is 6.85. The largest absolute Gasteiger partial charge is 0.492 e. The third-order valence-corrected chi connectivity index (χ3v) is 5.58. The number of benzene rings is 2. The number of carbonyl (C=O) groups is 1. The number of aryl methyl sites for hydroxylation is 1. The van der Waals surface area contributed by atoms with E-state index in [1.807, 2.05) is 45.0 Å². The van der Waals surface area contributed by atoms with E-state index < -0.39 is 0 Å². The summed E-state index contributed by atoms with van der Waals surface area (Å²) in [7, 11) is 0. The number of hydrogen-bond donors (Lipinski definition) is 0. The third kappa shape index (κ3) is 5.93. The monoisotopic (exact) mass is 405 g/mol. The van der Waals surface area contributed by atoms with Crippen molar-refractivity contribution in [1.29, 1.82) is 0 Å². The number of ether oxygens (including phenoxy) is 1. The molecule has 0 spiro atoms. The molecule has 0 radical (unpaired) electrons. The molecule has 0 saturated heterocycles. The quantitative estimate of drug-likeness (QED) is 0.345. The fourth-order valence-corrected chi connectivity index (χ4v) is 3.59. The van der Waals surface area contributed by atoms with Crippen molar-refractivity contribution in [3.63, 3.8) is 0 Å². The molecule has 30 heavy (non-hydrogen) atoms. The van der Waals surface area contributed by atoms with Gasteiger partial charge in [-0.15, -0.1) is 0 Å².